The van der Waals surface area contributed by atoms with E-state index < -0.39 is 6.16 Å². The number of rotatable bonds is 8. The Morgan fingerprint density at radius 2 is 1.83 bits per heavy atom. The maximum absolute atomic E-state index is 11.8. The molecule has 0 aliphatic heterocycles. The van der Waals surface area contributed by atoms with Crippen LogP contribution in [0.4, 0.5) is 10.5 Å². The summed E-state index contributed by atoms with van der Waals surface area (Å²) in [5, 5.41) is 0. The molecule has 2 aromatic carbocycles. The third kappa shape index (κ3) is 5.95. The Morgan fingerprint density at radius 1 is 1.04 bits per heavy atom. The summed E-state index contributed by atoms with van der Waals surface area (Å²) in [5.41, 5.74) is 2.18. The van der Waals surface area contributed by atoms with Gasteiger partial charge < -0.3 is 14.4 Å². The van der Waals surface area contributed by atoms with Crippen LogP contribution >= 0.6 is 0 Å². The predicted octanol–water partition coefficient (Wildman–Crippen LogP) is 4.82. The van der Waals surface area contributed by atoms with Crippen LogP contribution in [0.2, 0.25) is 0 Å². The molecule has 128 valence electrons. The van der Waals surface area contributed by atoms with Crippen LogP contribution in [0.15, 0.2) is 54.6 Å². The maximum Gasteiger partial charge on any atom is 0.513 e. The van der Waals surface area contributed by atoms with E-state index in [2.05, 4.69) is 24.0 Å². The van der Waals surface area contributed by atoms with Gasteiger partial charge in [-0.3, -0.25) is 0 Å². The van der Waals surface area contributed by atoms with E-state index in [1.165, 1.54) is 0 Å². The number of hydrogen-bond donors (Lipinski definition) is 0. The Kier molecular flexibility index (Phi) is 7.15. The lowest BCUT2D eigenvalue weighted by Crippen LogP contribution is -2.29. The summed E-state index contributed by atoms with van der Waals surface area (Å²) < 4.78 is 10.4. The van der Waals surface area contributed by atoms with E-state index in [0.717, 1.165) is 30.6 Å². The van der Waals surface area contributed by atoms with Crippen LogP contribution in [-0.4, -0.2) is 25.9 Å². The van der Waals surface area contributed by atoms with Crippen molar-refractivity contribution < 1.29 is 14.3 Å². The monoisotopic (exact) mass is 327 g/mol. The lowest BCUT2D eigenvalue weighted by molar-refractivity contribution is 0.101. The maximum atomic E-state index is 11.8. The summed E-state index contributed by atoms with van der Waals surface area (Å²) in [4.78, 5) is 14.0. The highest BCUT2D eigenvalue weighted by molar-refractivity contribution is 5.63. The molecule has 0 saturated heterocycles. The fourth-order valence-electron chi connectivity index (χ4n) is 2.40. The van der Waals surface area contributed by atoms with Crippen molar-refractivity contribution in [1.82, 2.24) is 0 Å². The number of para-hydroxylation sites is 1. The minimum atomic E-state index is -0.663. The van der Waals surface area contributed by atoms with Gasteiger partial charge in [-0.05, 0) is 43.2 Å². The van der Waals surface area contributed by atoms with E-state index in [9.17, 15) is 4.79 Å². The number of ether oxygens (including phenoxy) is 2. The molecule has 24 heavy (non-hydrogen) atoms. The Morgan fingerprint density at radius 3 is 2.54 bits per heavy atom. The van der Waals surface area contributed by atoms with Crippen molar-refractivity contribution in [2.75, 3.05) is 24.6 Å². The molecule has 4 heteroatoms. The molecular formula is C20H25NO3. The molecule has 2 rings (SSSR count). The summed E-state index contributed by atoms with van der Waals surface area (Å²) in [6, 6.07) is 17.5. The van der Waals surface area contributed by atoms with Gasteiger partial charge in [0.15, 0.2) is 0 Å². The van der Waals surface area contributed by atoms with Crippen LogP contribution in [0.3, 0.4) is 0 Å². The number of nitrogens with zero attached hydrogens (tertiary/aromatic N) is 1. The van der Waals surface area contributed by atoms with Crippen LogP contribution in [0.25, 0.3) is 0 Å². The minimum absolute atomic E-state index is 0.295. The van der Waals surface area contributed by atoms with Gasteiger partial charge in [-0.25, -0.2) is 4.79 Å². The molecule has 0 unspecified atom stereocenters. The van der Waals surface area contributed by atoms with Crippen molar-refractivity contribution >= 4 is 11.8 Å². The first kappa shape index (κ1) is 17.9. The number of aryl methyl sites for hydroxylation is 1. The SMILES string of the molecule is CCCCN(CCOC(=O)Oc1cccc(C)c1)c1ccccc1. The lowest BCUT2D eigenvalue weighted by atomic mass is 10.2. The van der Waals surface area contributed by atoms with E-state index >= 15 is 0 Å². The van der Waals surface area contributed by atoms with Gasteiger partial charge in [0, 0.05) is 12.2 Å². The van der Waals surface area contributed by atoms with Gasteiger partial charge in [0.05, 0.1) is 6.54 Å². The van der Waals surface area contributed by atoms with Gasteiger partial charge in [0.2, 0.25) is 0 Å². The van der Waals surface area contributed by atoms with Crippen LogP contribution < -0.4 is 9.64 Å². The number of carbonyl (C=O) groups is 1. The largest absolute Gasteiger partial charge is 0.513 e. The molecule has 0 fully saturated rings. The molecular weight excluding hydrogens is 302 g/mol. The quantitative estimate of drug-likeness (QED) is 0.515. The van der Waals surface area contributed by atoms with E-state index in [4.69, 9.17) is 9.47 Å². The molecule has 0 aromatic heterocycles. The molecule has 0 N–H and O–H groups in total. The van der Waals surface area contributed by atoms with E-state index in [0.29, 0.717) is 18.9 Å². The molecule has 0 amide bonds. The van der Waals surface area contributed by atoms with E-state index in [1.54, 1.807) is 12.1 Å². The molecule has 0 atom stereocenters. The zero-order valence-corrected chi connectivity index (χ0v) is 14.4. The van der Waals surface area contributed by atoms with Crippen molar-refractivity contribution in [3.05, 3.63) is 60.2 Å². The van der Waals surface area contributed by atoms with Crippen molar-refractivity contribution in [1.29, 1.82) is 0 Å². The molecule has 0 aliphatic carbocycles. The zero-order chi connectivity index (χ0) is 17.2. The number of hydrogen-bond acceptors (Lipinski definition) is 4. The molecule has 0 saturated carbocycles. The third-order valence-electron chi connectivity index (χ3n) is 3.67. The molecule has 0 aliphatic rings. The summed E-state index contributed by atoms with van der Waals surface area (Å²) in [6.45, 7) is 6.00. The number of anilines is 1. The summed E-state index contributed by atoms with van der Waals surface area (Å²) in [6.07, 6.45) is 1.56. The Balaban J connectivity index is 1.82. The smallest absolute Gasteiger partial charge is 0.432 e. The topological polar surface area (TPSA) is 38.8 Å². The fourth-order valence-corrected chi connectivity index (χ4v) is 2.40. The highest BCUT2D eigenvalue weighted by Gasteiger charge is 2.09. The van der Waals surface area contributed by atoms with Crippen molar-refractivity contribution in [2.24, 2.45) is 0 Å². The Labute approximate surface area is 144 Å². The van der Waals surface area contributed by atoms with Crippen molar-refractivity contribution in [3.63, 3.8) is 0 Å². The van der Waals surface area contributed by atoms with Crippen LogP contribution in [0.1, 0.15) is 25.3 Å². The summed E-state index contributed by atoms with van der Waals surface area (Å²) >= 11 is 0. The summed E-state index contributed by atoms with van der Waals surface area (Å²) in [7, 11) is 0. The standard InChI is InChI=1S/C20H25NO3/c1-3-4-13-21(18-10-6-5-7-11-18)14-15-23-20(22)24-19-12-8-9-17(2)16-19/h5-12,16H,3-4,13-15H2,1-2H3. The molecule has 0 heterocycles. The second-order valence-corrected chi connectivity index (χ2v) is 5.69. The van der Waals surface area contributed by atoms with E-state index in [-0.39, 0.29) is 0 Å². The summed E-state index contributed by atoms with van der Waals surface area (Å²) in [5.74, 6) is 0.505. The fraction of sp³-hybridized carbons (Fsp3) is 0.350. The van der Waals surface area contributed by atoms with Gasteiger partial charge in [0.1, 0.15) is 12.4 Å². The first-order chi connectivity index (χ1) is 11.7. The van der Waals surface area contributed by atoms with Gasteiger partial charge in [-0.15, -0.1) is 0 Å². The van der Waals surface area contributed by atoms with Crippen LogP contribution in [-0.2, 0) is 4.74 Å². The second-order valence-electron chi connectivity index (χ2n) is 5.69. The van der Waals surface area contributed by atoms with Crippen LogP contribution in [0, 0.1) is 6.92 Å². The van der Waals surface area contributed by atoms with Crippen molar-refractivity contribution in [3.8, 4) is 5.75 Å². The minimum Gasteiger partial charge on any atom is -0.432 e. The van der Waals surface area contributed by atoms with Crippen LogP contribution in [0.5, 0.6) is 5.75 Å². The Bertz CT molecular complexity index is 628. The lowest BCUT2D eigenvalue weighted by Gasteiger charge is -2.24. The zero-order valence-electron chi connectivity index (χ0n) is 14.4. The first-order valence-corrected chi connectivity index (χ1v) is 8.40. The van der Waals surface area contributed by atoms with Crippen molar-refractivity contribution in [2.45, 2.75) is 26.7 Å². The van der Waals surface area contributed by atoms with Gasteiger partial charge >= 0.3 is 6.16 Å². The second kappa shape index (κ2) is 9.60. The molecule has 0 spiro atoms. The highest BCUT2D eigenvalue weighted by atomic mass is 16.7. The predicted molar refractivity (Wildman–Crippen MR) is 96.7 cm³/mol. The van der Waals surface area contributed by atoms with Gasteiger partial charge in [0.25, 0.3) is 0 Å². The average molecular weight is 327 g/mol. The highest BCUT2D eigenvalue weighted by Crippen LogP contribution is 2.15. The third-order valence-corrected chi connectivity index (χ3v) is 3.67. The molecule has 2 aromatic rings. The number of benzene rings is 2. The normalized spacial score (nSPS) is 10.2. The molecule has 4 nitrogen and oxygen atoms in total. The molecule has 0 bridgehead atoms. The number of carbonyl (C=O) groups excluding carboxylic acids is 1. The number of unbranched alkanes of at least 4 members (excludes halogenated alkanes) is 1. The van der Waals surface area contributed by atoms with Gasteiger partial charge in [-0.2, -0.15) is 0 Å². The van der Waals surface area contributed by atoms with E-state index in [1.807, 2.05) is 37.3 Å². The Hall–Kier alpha value is -2.49. The van der Waals surface area contributed by atoms with Gasteiger partial charge in [-0.1, -0.05) is 43.7 Å². The first-order valence-electron chi connectivity index (χ1n) is 8.40. The molecule has 0 radical (unpaired) electrons. The average Bonchev–Trinajstić information content (AvgIpc) is 2.58.